The van der Waals surface area contributed by atoms with Crippen molar-refractivity contribution in [1.82, 2.24) is 20.5 Å². The van der Waals surface area contributed by atoms with Gasteiger partial charge in [-0.05, 0) is 43.3 Å². The van der Waals surface area contributed by atoms with E-state index in [-0.39, 0.29) is 18.2 Å². The highest BCUT2D eigenvalue weighted by Crippen LogP contribution is 2.21. The van der Waals surface area contributed by atoms with Gasteiger partial charge < -0.3 is 24.8 Å². The quantitative estimate of drug-likeness (QED) is 0.554. The van der Waals surface area contributed by atoms with Crippen molar-refractivity contribution in [3.8, 4) is 5.75 Å². The van der Waals surface area contributed by atoms with Crippen LogP contribution >= 0.6 is 0 Å². The minimum atomic E-state index is -0.517. The molecule has 0 spiro atoms. The fraction of sp³-hybridized carbons (Fsp3) is 0.364. The Kier molecular flexibility index (Phi) is 5.76. The number of ether oxygens (including phenoxy) is 1. The van der Waals surface area contributed by atoms with E-state index >= 15 is 0 Å². The predicted octanol–water partition coefficient (Wildman–Crippen LogP) is 2.08. The van der Waals surface area contributed by atoms with Crippen molar-refractivity contribution in [2.75, 3.05) is 20.2 Å². The molecule has 0 saturated carbocycles. The fourth-order valence-corrected chi connectivity index (χ4v) is 3.78. The highest BCUT2D eigenvalue weighted by atomic mass is 16.5. The molecule has 1 atom stereocenters. The SMILES string of the molecule is COc1ccc2[nH]c(CNC(=O)C[C@@H]3C(=O)NCCN3Cc3ccc(C)o3)cc2c1. The summed E-state index contributed by atoms with van der Waals surface area (Å²) >= 11 is 0. The van der Waals surface area contributed by atoms with Crippen molar-refractivity contribution in [2.24, 2.45) is 0 Å². The molecule has 3 aromatic rings. The number of furan rings is 1. The Morgan fingerprint density at radius 1 is 1.30 bits per heavy atom. The number of H-pyrrole nitrogens is 1. The summed E-state index contributed by atoms with van der Waals surface area (Å²) in [7, 11) is 1.63. The van der Waals surface area contributed by atoms with Gasteiger partial charge >= 0.3 is 0 Å². The first kappa shape index (κ1) is 20.0. The van der Waals surface area contributed by atoms with Gasteiger partial charge in [0.05, 0.1) is 32.7 Å². The van der Waals surface area contributed by atoms with Crippen molar-refractivity contribution in [3.05, 3.63) is 53.6 Å². The van der Waals surface area contributed by atoms with Crippen molar-refractivity contribution in [1.29, 1.82) is 0 Å². The summed E-state index contributed by atoms with van der Waals surface area (Å²) in [6, 6.07) is 11.0. The van der Waals surface area contributed by atoms with Gasteiger partial charge in [0.25, 0.3) is 0 Å². The molecule has 1 aromatic carbocycles. The van der Waals surface area contributed by atoms with Gasteiger partial charge in [0.2, 0.25) is 11.8 Å². The Labute approximate surface area is 174 Å². The molecule has 1 saturated heterocycles. The number of aryl methyl sites for hydroxylation is 1. The van der Waals surface area contributed by atoms with Crippen LogP contribution in [-0.2, 0) is 22.7 Å². The van der Waals surface area contributed by atoms with E-state index in [0.717, 1.165) is 33.9 Å². The number of carbonyl (C=O) groups excluding carboxylic acids is 2. The molecule has 1 fully saturated rings. The molecular weight excluding hydrogens is 384 g/mol. The van der Waals surface area contributed by atoms with Gasteiger partial charge in [-0.3, -0.25) is 14.5 Å². The lowest BCUT2D eigenvalue weighted by Gasteiger charge is -2.34. The Hall–Kier alpha value is -3.26. The average molecular weight is 410 g/mol. The molecule has 4 rings (SSSR count). The van der Waals surface area contributed by atoms with Crippen LogP contribution in [0.3, 0.4) is 0 Å². The number of nitrogens with zero attached hydrogens (tertiary/aromatic N) is 1. The van der Waals surface area contributed by atoms with Crippen LogP contribution in [0.15, 0.2) is 40.8 Å². The third kappa shape index (κ3) is 4.49. The van der Waals surface area contributed by atoms with Crippen molar-refractivity contribution < 1.29 is 18.7 Å². The maximum absolute atomic E-state index is 12.6. The van der Waals surface area contributed by atoms with Gasteiger partial charge in [-0.15, -0.1) is 0 Å². The number of benzene rings is 1. The second-order valence-electron chi connectivity index (χ2n) is 7.52. The summed E-state index contributed by atoms with van der Waals surface area (Å²) < 4.78 is 10.9. The van der Waals surface area contributed by atoms with Gasteiger partial charge in [-0.1, -0.05) is 0 Å². The molecule has 0 bridgehead atoms. The molecular formula is C22H26N4O4. The standard InChI is InChI=1S/C22H26N4O4/c1-14-3-4-18(30-14)13-26-8-7-23-22(28)20(26)11-21(27)24-12-16-9-15-10-17(29-2)5-6-19(15)25-16/h3-6,9-10,20,25H,7-8,11-13H2,1-2H3,(H,23,28)(H,24,27)/t20-/m1/s1. The van der Waals surface area contributed by atoms with Crippen molar-refractivity contribution in [3.63, 3.8) is 0 Å². The Morgan fingerprint density at radius 3 is 2.93 bits per heavy atom. The van der Waals surface area contributed by atoms with Gasteiger partial charge in [0.15, 0.2) is 0 Å². The molecule has 0 aliphatic carbocycles. The molecule has 1 aliphatic rings. The lowest BCUT2D eigenvalue weighted by molar-refractivity contribution is -0.134. The normalized spacial score (nSPS) is 17.1. The molecule has 0 radical (unpaired) electrons. The zero-order valence-corrected chi connectivity index (χ0v) is 17.2. The minimum absolute atomic E-state index is 0.0968. The van der Waals surface area contributed by atoms with E-state index < -0.39 is 6.04 Å². The van der Waals surface area contributed by atoms with Crippen LogP contribution in [0.4, 0.5) is 0 Å². The first-order chi connectivity index (χ1) is 14.5. The molecule has 0 unspecified atom stereocenters. The number of hydrogen-bond donors (Lipinski definition) is 3. The van der Waals surface area contributed by atoms with E-state index in [1.807, 2.05) is 48.2 Å². The smallest absolute Gasteiger partial charge is 0.237 e. The summed E-state index contributed by atoms with van der Waals surface area (Å²) in [5, 5.41) is 6.78. The minimum Gasteiger partial charge on any atom is -0.497 e. The maximum Gasteiger partial charge on any atom is 0.237 e. The number of nitrogens with one attached hydrogen (secondary N) is 3. The molecule has 8 heteroatoms. The highest BCUT2D eigenvalue weighted by Gasteiger charge is 2.32. The number of methoxy groups -OCH3 is 1. The van der Waals surface area contributed by atoms with Crippen LogP contribution in [0, 0.1) is 6.92 Å². The molecule has 3 heterocycles. The summed E-state index contributed by atoms with van der Waals surface area (Å²) in [5.74, 6) is 2.11. The zero-order chi connectivity index (χ0) is 21.1. The number of aromatic nitrogens is 1. The number of rotatable bonds is 7. The number of amides is 2. The van der Waals surface area contributed by atoms with Crippen molar-refractivity contribution >= 4 is 22.7 Å². The van der Waals surface area contributed by atoms with Crippen LogP contribution in [-0.4, -0.2) is 47.9 Å². The largest absolute Gasteiger partial charge is 0.497 e. The van der Waals surface area contributed by atoms with Crippen LogP contribution in [0.1, 0.15) is 23.6 Å². The zero-order valence-electron chi connectivity index (χ0n) is 17.2. The number of aromatic amines is 1. The van der Waals surface area contributed by atoms with E-state index in [1.54, 1.807) is 7.11 Å². The summed E-state index contributed by atoms with van der Waals surface area (Å²) in [5.41, 5.74) is 1.87. The van der Waals surface area contributed by atoms with Gasteiger partial charge in [0, 0.05) is 29.7 Å². The van der Waals surface area contributed by atoms with Crippen LogP contribution < -0.4 is 15.4 Å². The molecule has 30 heavy (non-hydrogen) atoms. The molecule has 3 N–H and O–H groups in total. The van der Waals surface area contributed by atoms with Crippen molar-refractivity contribution in [2.45, 2.75) is 32.5 Å². The average Bonchev–Trinajstić information content (AvgIpc) is 3.33. The number of fused-ring (bicyclic) bond motifs is 1. The van der Waals surface area contributed by atoms with Crippen LogP contribution in [0.2, 0.25) is 0 Å². The fourth-order valence-electron chi connectivity index (χ4n) is 3.78. The maximum atomic E-state index is 12.6. The van der Waals surface area contributed by atoms with Crippen LogP contribution in [0.25, 0.3) is 10.9 Å². The lowest BCUT2D eigenvalue weighted by Crippen LogP contribution is -2.56. The summed E-state index contributed by atoms with van der Waals surface area (Å²) in [6.45, 7) is 3.99. The molecule has 8 nitrogen and oxygen atoms in total. The second kappa shape index (κ2) is 8.62. The van der Waals surface area contributed by atoms with Gasteiger partial charge in [0.1, 0.15) is 17.3 Å². The number of hydrogen-bond acceptors (Lipinski definition) is 5. The molecule has 2 amide bonds. The highest BCUT2D eigenvalue weighted by molar-refractivity contribution is 5.89. The summed E-state index contributed by atoms with van der Waals surface area (Å²) in [4.78, 5) is 30.3. The molecule has 1 aliphatic heterocycles. The van der Waals surface area contributed by atoms with Gasteiger partial charge in [-0.25, -0.2) is 0 Å². The van der Waals surface area contributed by atoms with E-state index in [9.17, 15) is 9.59 Å². The third-order valence-corrected chi connectivity index (χ3v) is 5.34. The first-order valence-corrected chi connectivity index (χ1v) is 10.0. The van der Waals surface area contributed by atoms with E-state index in [4.69, 9.17) is 9.15 Å². The molecule has 2 aromatic heterocycles. The first-order valence-electron chi connectivity index (χ1n) is 10.0. The second-order valence-corrected chi connectivity index (χ2v) is 7.52. The molecule has 158 valence electrons. The third-order valence-electron chi connectivity index (χ3n) is 5.34. The Morgan fingerprint density at radius 2 is 2.17 bits per heavy atom. The Bertz CT molecular complexity index is 1050. The van der Waals surface area contributed by atoms with E-state index in [2.05, 4.69) is 15.6 Å². The van der Waals surface area contributed by atoms with Gasteiger partial charge in [-0.2, -0.15) is 0 Å². The number of carbonyl (C=O) groups is 2. The van der Waals surface area contributed by atoms with Crippen LogP contribution in [0.5, 0.6) is 5.75 Å². The summed E-state index contributed by atoms with van der Waals surface area (Å²) in [6.07, 6.45) is 0.0968. The van der Waals surface area contributed by atoms with E-state index in [0.29, 0.717) is 26.2 Å². The Balaban J connectivity index is 1.37. The van der Waals surface area contributed by atoms with E-state index in [1.165, 1.54) is 0 Å². The predicted molar refractivity (Wildman–Crippen MR) is 112 cm³/mol. The number of piperazine rings is 1. The monoisotopic (exact) mass is 410 g/mol. The topological polar surface area (TPSA) is 99.6 Å². The lowest BCUT2D eigenvalue weighted by atomic mass is 10.1.